The number of fused-ring (bicyclic) bond motifs is 2. The largest absolute Gasteiger partial charge is 0.493 e. The van der Waals surface area contributed by atoms with E-state index in [9.17, 15) is 23.4 Å². The summed E-state index contributed by atoms with van der Waals surface area (Å²) in [5, 5.41) is 19.3. The number of nitrogens with zero attached hydrogens (tertiary/aromatic N) is 1. The molecule has 0 spiro atoms. The second kappa shape index (κ2) is 8.89. The summed E-state index contributed by atoms with van der Waals surface area (Å²) in [4.78, 5) is 7.01. The number of aromatic amines is 1. The van der Waals surface area contributed by atoms with Gasteiger partial charge in [-0.3, -0.25) is 0 Å². The molecule has 6 rings (SSSR count). The maximum Gasteiger partial charge on any atom is 0.193 e. The molecule has 4 atom stereocenters. The number of hydrogen-bond donors (Lipinski definition) is 3. The lowest BCUT2D eigenvalue weighted by Gasteiger charge is -2.39. The van der Waals surface area contributed by atoms with E-state index in [-0.39, 0.29) is 62.3 Å². The number of benzene rings is 1. The summed E-state index contributed by atoms with van der Waals surface area (Å²) in [7, 11) is 0. The lowest BCUT2D eigenvalue weighted by Crippen LogP contribution is -2.49. The van der Waals surface area contributed by atoms with Crippen molar-refractivity contribution in [3.05, 3.63) is 41.7 Å². The summed E-state index contributed by atoms with van der Waals surface area (Å²) < 4.78 is 72.2. The predicted octanol–water partition coefficient (Wildman–Crippen LogP) is 1.94. The monoisotopic (exact) mass is 508 g/mol. The first-order chi connectivity index (χ1) is 17.4. The second-order valence-electron chi connectivity index (χ2n) is 9.41. The fourth-order valence-corrected chi connectivity index (χ4v) is 4.66. The number of aromatic nitrogens is 2. The van der Waals surface area contributed by atoms with Gasteiger partial charge in [-0.15, -0.1) is 0 Å². The van der Waals surface area contributed by atoms with Gasteiger partial charge >= 0.3 is 0 Å². The SMILES string of the molecule is OCC1(COc2cc(F)c(-c3nc4cc(O[C@@H]5CO[C@H]6[C@@H]5OC[C@H]6O)[nH]c4cc3F)c(F)c2)COC1. The quantitative estimate of drug-likeness (QED) is 0.444. The number of nitrogens with one attached hydrogen (secondary N) is 1. The molecule has 3 aromatic rings. The summed E-state index contributed by atoms with van der Waals surface area (Å²) >= 11 is 0. The number of aliphatic hydroxyl groups is 2. The van der Waals surface area contributed by atoms with Crippen molar-refractivity contribution in [3.63, 3.8) is 0 Å². The minimum Gasteiger partial charge on any atom is -0.493 e. The van der Waals surface area contributed by atoms with Gasteiger partial charge in [-0.2, -0.15) is 0 Å². The molecule has 12 heteroatoms. The molecule has 3 aliphatic heterocycles. The molecule has 0 aliphatic carbocycles. The van der Waals surface area contributed by atoms with Crippen LogP contribution < -0.4 is 9.47 Å². The summed E-state index contributed by atoms with van der Waals surface area (Å²) in [5.74, 6) is -2.87. The fraction of sp³-hybridized carbons (Fsp3) is 0.458. The molecule has 36 heavy (non-hydrogen) atoms. The summed E-state index contributed by atoms with van der Waals surface area (Å²) in [6.07, 6.45) is -2.15. The first kappa shape index (κ1) is 23.5. The Kier molecular flexibility index (Phi) is 5.80. The molecule has 3 aliphatic rings. The van der Waals surface area contributed by atoms with E-state index in [1.165, 1.54) is 6.07 Å². The van der Waals surface area contributed by atoms with Crippen LogP contribution in [0.2, 0.25) is 0 Å². The van der Waals surface area contributed by atoms with Crippen molar-refractivity contribution >= 4 is 11.0 Å². The maximum absolute atomic E-state index is 14.9. The molecule has 2 aromatic heterocycles. The van der Waals surface area contributed by atoms with Crippen LogP contribution in [0.3, 0.4) is 0 Å². The lowest BCUT2D eigenvalue weighted by atomic mass is 9.88. The number of pyridine rings is 1. The highest BCUT2D eigenvalue weighted by Gasteiger charge is 2.48. The highest BCUT2D eigenvalue weighted by Crippen LogP contribution is 2.35. The third-order valence-electron chi connectivity index (χ3n) is 6.74. The molecule has 3 fully saturated rings. The molecule has 0 unspecified atom stereocenters. The van der Waals surface area contributed by atoms with E-state index >= 15 is 0 Å². The molecule has 0 saturated carbocycles. The van der Waals surface area contributed by atoms with E-state index in [4.69, 9.17) is 23.7 Å². The van der Waals surface area contributed by atoms with Gasteiger partial charge in [-0.1, -0.05) is 0 Å². The molecule has 192 valence electrons. The molecule has 3 saturated heterocycles. The fourth-order valence-electron chi connectivity index (χ4n) is 4.66. The minimum absolute atomic E-state index is 0.0179. The molecule has 1 aromatic carbocycles. The van der Waals surface area contributed by atoms with E-state index in [0.717, 1.165) is 18.2 Å². The average Bonchev–Trinajstić information content (AvgIpc) is 3.50. The highest BCUT2D eigenvalue weighted by atomic mass is 19.1. The third-order valence-corrected chi connectivity index (χ3v) is 6.74. The van der Waals surface area contributed by atoms with Crippen molar-refractivity contribution in [1.29, 1.82) is 0 Å². The zero-order chi connectivity index (χ0) is 25.0. The van der Waals surface area contributed by atoms with E-state index < -0.39 is 58.5 Å². The smallest absolute Gasteiger partial charge is 0.193 e. The van der Waals surface area contributed by atoms with Crippen LogP contribution in [0.15, 0.2) is 24.3 Å². The number of H-pyrrole nitrogens is 1. The Morgan fingerprint density at radius 3 is 2.47 bits per heavy atom. The van der Waals surface area contributed by atoms with Crippen molar-refractivity contribution in [3.8, 4) is 22.9 Å². The zero-order valence-corrected chi connectivity index (χ0v) is 18.9. The van der Waals surface area contributed by atoms with Crippen LogP contribution >= 0.6 is 0 Å². The van der Waals surface area contributed by atoms with E-state index in [2.05, 4.69) is 9.97 Å². The Bertz CT molecular complexity index is 1270. The van der Waals surface area contributed by atoms with E-state index in [1.54, 1.807) is 0 Å². The maximum atomic E-state index is 14.9. The van der Waals surface area contributed by atoms with Gasteiger partial charge in [-0.05, 0) is 0 Å². The number of hydrogen-bond acceptors (Lipinski definition) is 8. The van der Waals surface area contributed by atoms with Gasteiger partial charge < -0.3 is 38.9 Å². The van der Waals surface area contributed by atoms with Crippen LogP contribution in [0.5, 0.6) is 11.6 Å². The van der Waals surface area contributed by atoms with Gasteiger partial charge in [-0.25, -0.2) is 18.2 Å². The Hall–Kier alpha value is -2.90. The molecule has 0 radical (unpaired) electrons. The lowest BCUT2D eigenvalue weighted by molar-refractivity contribution is -0.153. The first-order valence-corrected chi connectivity index (χ1v) is 11.4. The van der Waals surface area contributed by atoms with E-state index in [0.29, 0.717) is 0 Å². The molecular weight excluding hydrogens is 485 g/mol. The molecule has 0 amide bonds. The van der Waals surface area contributed by atoms with Crippen LogP contribution in [0, 0.1) is 22.9 Å². The van der Waals surface area contributed by atoms with Crippen LogP contribution in [-0.4, -0.2) is 84.2 Å². The van der Waals surface area contributed by atoms with Crippen LogP contribution in [0.1, 0.15) is 0 Å². The third kappa shape index (κ3) is 3.98. The van der Waals surface area contributed by atoms with Gasteiger partial charge in [0.1, 0.15) is 48.0 Å². The summed E-state index contributed by atoms with van der Waals surface area (Å²) in [6, 6.07) is 4.47. The van der Waals surface area contributed by atoms with Crippen molar-refractivity contribution < 1.29 is 47.1 Å². The number of aliphatic hydroxyl groups excluding tert-OH is 2. The van der Waals surface area contributed by atoms with Gasteiger partial charge in [0.15, 0.2) is 17.8 Å². The Balaban J connectivity index is 1.24. The normalized spacial score (nSPS) is 26.7. The number of rotatable bonds is 7. The zero-order valence-electron chi connectivity index (χ0n) is 18.9. The van der Waals surface area contributed by atoms with Crippen LogP contribution in [-0.2, 0) is 14.2 Å². The first-order valence-electron chi connectivity index (χ1n) is 11.4. The van der Waals surface area contributed by atoms with Crippen LogP contribution in [0.4, 0.5) is 13.2 Å². The predicted molar refractivity (Wildman–Crippen MR) is 117 cm³/mol. The van der Waals surface area contributed by atoms with Crippen molar-refractivity contribution in [2.45, 2.75) is 24.4 Å². The van der Waals surface area contributed by atoms with Crippen molar-refractivity contribution in [2.75, 3.05) is 39.6 Å². The highest BCUT2D eigenvalue weighted by molar-refractivity contribution is 5.81. The summed E-state index contributed by atoms with van der Waals surface area (Å²) in [5.41, 5.74) is -1.23. The van der Waals surface area contributed by atoms with Crippen molar-refractivity contribution in [2.24, 2.45) is 5.41 Å². The topological polar surface area (TPSA) is 115 Å². The standard InChI is InChI=1S/C24H23F3N2O7/c25-12-1-11(35-10-24(7-30)8-32-9-24)2-13(26)20(12)21-14(27)3-15-16(29-21)4-19(28-15)36-18-6-34-22-17(31)5-33-23(18)22/h1-4,17-18,22-23,28,30-31H,5-10H2/t17-,18-,22-,23-/m1/s1. The Labute approximate surface area is 202 Å². The molecule has 3 N–H and O–H groups in total. The second-order valence-corrected chi connectivity index (χ2v) is 9.41. The van der Waals surface area contributed by atoms with Gasteiger partial charge in [0.25, 0.3) is 0 Å². The average molecular weight is 508 g/mol. The van der Waals surface area contributed by atoms with Gasteiger partial charge in [0, 0.05) is 24.3 Å². The van der Waals surface area contributed by atoms with Gasteiger partial charge in [0.2, 0.25) is 0 Å². The number of ether oxygens (including phenoxy) is 5. The Morgan fingerprint density at radius 1 is 1.03 bits per heavy atom. The molecule has 0 bridgehead atoms. The molecular formula is C24H23F3N2O7. The number of halogens is 3. The van der Waals surface area contributed by atoms with Gasteiger partial charge in [0.05, 0.1) is 55.0 Å². The summed E-state index contributed by atoms with van der Waals surface area (Å²) in [6.45, 7) is 0.755. The van der Waals surface area contributed by atoms with E-state index in [1.807, 2.05) is 0 Å². The molecule has 9 nitrogen and oxygen atoms in total. The van der Waals surface area contributed by atoms with Crippen LogP contribution in [0.25, 0.3) is 22.3 Å². The van der Waals surface area contributed by atoms with Crippen molar-refractivity contribution in [1.82, 2.24) is 9.97 Å². The molecule has 5 heterocycles. The Morgan fingerprint density at radius 2 is 1.78 bits per heavy atom. The minimum atomic E-state index is -1.04.